The predicted molar refractivity (Wildman–Crippen MR) is 39.2 cm³/mol. The quantitative estimate of drug-likeness (QED) is 0.523. The Kier molecular flexibility index (Phi) is 2.17. The average Bonchev–Trinajstić information content (AvgIpc) is 2.31. The van der Waals surface area contributed by atoms with Crippen LogP contribution in [0.2, 0.25) is 0 Å². The first-order valence-corrected chi connectivity index (χ1v) is 3.15. The second-order valence-corrected chi connectivity index (χ2v) is 1.95. The van der Waals surface area contributed by atoms with E-state index in [0.29, 0.717) is 18.9 Å². The summed E-state index contributed by atoms with van der Waals surface area (Å²) in [6.07, 6.45) is 1.55. The van der Waals surface area contributed by atoms with E-state index < -0.39 is 0 Å². The Hall–Kier alpha value is -1.16. The maximum atomic E-state index is 8.99. The number of nitrogens with one attached hydrogen (secondary N) is 1. The molecule has 0 aromatic carbocycles. The number of nitrogens with zero attached hydrogens (tertiary/aromatic N) is 1. The maximum Gasteiger partial charge on any atom is 0.142 e. The predicted octanol–water partition coefficient (Wildman–Crippen LogP) is 0.0960. The minimum atomic E-state index is 0.561. The van der Waals surface area contributed by atoms with Crippen LogP contribution in [0.15, 0.2) is 18.3 Å². The number of hydrogen-bond donors (Lipinski definition) is 3. The van der Waals surface area contributed by atoms with E-state index in [4.69, 9.17) is 10.9 Å². The van der Waals surface area contributed by atoms with Crippen LogP contribution in [-0.2, 0) is 0 Å². The van der Waals surface area contributed by atoms with Gasteiger partial charge in [-0.2, -0.15) is 4.73 Å². The van der Waals surface area contributed by atoms with Gasteiger partial charge in [0.25, 0.3) is 0 Å². The highest BCUT2D eigenvalue weighted by atomic mass is 16.5. The Morgan fingerprint density at radius 2 is 2.50 bits per heavy atom. The highest BCUT2D eigenvalue weighted by molar-refractivity contribution is 5.35. The van der Waals surface area contributed by atoms with Gasteiger partial charge in [-0.05, 0) is 12.1 Å². The van der Waals surface area contributed by atoms with Gasteiger partial charge >= 0.3 is 0 Å². The summed E-state index contributed by atoms with van der Waals surface area (Å²) in [6.45, 7) is 1.23. The third-order valence-corrected chi connectivity index (χ3v) is 1.18. The Morgan fingerprint density at radius 1 is 1.70 bits per heavy atom. The zero-order valence-electron chi connectivity index (χ0n) is 5.62. The summed E-state index contributed by atoms with van der Waals surface area (Å²) in [7, 11) is 0. The molecular formula is C6H11N3O. The molecule has 0 atom stereocenters. The first kappa shape index (κ1) is 6.95. The largest absolute Gasteiger partial charge is 0.427 e. The van der Waals surface area contributed by atoms with E-state index in [1.807, 2.05) is 0 Å². The van der Waals surface area contributed by atoms with E-state index in [9.17, 15) is 0 Å². The summed E-state index contributed by atoms with van der Waals surface area (Å²) in [5.74, 6) is 0.672. The smallest absolute Gasteiger partial charge is 0.142 e. The first-order chi connectivity index (χ1) is 4.84. The van der Waals surface area contributed by atoms with Crippen LogP contribution in [0, 0.1) is 0 Å². The van der Waals surface area contributed by atoms with Gasteiger partial charge in [-0.15, -0.1) is 0 Å². The van der Waals surface area contributed by atoms with E-state index in [-0.39, 0.29) is 0 Å². The molecule has 56 valence electrons. The molecule has 0 spiro atoms. The lowest BCUT2D eigenvalue weighted by molar-refractivity contribution is 0.193. The first-order valence-electron chi connectivity index (χ1n) is 3.15. The van der Waals surface area contributed by atoms with Crippen LogP contribution in [0.1, 0.15) is 0 Å². The molecule has 0 aliphatic heterocycles. The van der Waals surface area contributed by atoms with E-state index in [1.54, 1.807) is 18.3 Å². The van der Waals surface area contributed by atoms with Crippen molar-refractivity contribution in [3.63, 3.8) is 0 Å². The van der Waals surface area contributed by atoms with Crippen LogP contribution in [0.5, 0.6) is 0 Å². The van der Waals surface area contributed by atoms with Crippen molar-refractivity contribution in [2.45, 2.75) is 0 Å². The van der Waals surface area contributed by atoms with Crippen molar-refractivity contribution >= 4 is 5.82 Å². The fourth-order valence-corrected chi connectivity index (χ4v) is 0.713. The van der Waals surface area contributed by atoms with Crippen molar-refractivity contribution in [1.82, 2.24) is 4.73 Å². The van der Waals surface area contributed by atoms with Crippen molar-refractivity contribution in [2.75, 3.05) is 18.4 Å². The summed E-state index contributed by atoms with van der Waals surface area (Å²) in [5, 5.41) is 11.9. The monoisotopic (exact) mass is 141 g/mol. The summed E-state index contributed by atoms with van der Waals surface area (Å²) in [6, 6.07) is 3.52. The van der Waals surface area contributed by atoms with Gasteiger partial charge in [-0.25, -0.2) is 0 Å². The number of hydrogen-bond acceptors (Lipinski definition) is 3. The molecule has 4 heteroatoms. The van der Waals surface area contributed by atoms with Crippen LogP contribution < -0.4 is 11.1 Å². The minimum Gasteiger partial charge on any atom is -0.427 e. The van der Waals surface area contributed by atoms with Gasteiger partial charge in [0, 0.05) is 19.3 Å². The highest BCUT2D eigenvalue weighted by Gasteiger charge is 1.93. The molecule has 0 unspecified atom stereocenters. The van der Waals surface area contributed by atoms with Gasteiger partial charge in [0.05, 0.1) is 0 Å². The van der Waals surface area contributed by atoms with E-state index in [0.717, 1.165) is 4.73 Å². The van der Waals surface area contributed by atoms with Crippen LogP contribution in [-0.4, -0.2) is 23.0 Å². The fourth-order valence-electron chi connectivity index (χ4n) is 0.713. The van der Waals surface area contributed by atoms with E-state index >= 15 is 0 Å². The maximum absolute atomic E-state index is 8.99. The summed E-state index contributed by atoms with van der Waals surface area (Å²) in [4.78, 5) is 0. The molecule has 1 aromatic heterocycles. The van der Waals surface area contributed by atoms with Gasteiger partial charge in [0.15, 0.2) is 0 Å². The topological polar surface area (TPSA) is 63.2 Å². The highest BCUT2D eigenvalue weighted by Crippen LogP contribution is 2.03. The molecule has 0 amide bonds. The zero-order chi connectivity index (χ0) is 7.40. The third-order valence-electron chi connectivity index (χ3n) is 1.18. The van der Waals surface area contributed by atoms with Crippen LogP contribution in [0.25, 0.3) is 0 Å². The summed E-state index contributed by atoms with van der Waals surface area (Å²) < 4.78 is 1.02. The SMILES string of the molecule is NCCNc1cccn1O. The van der Waals surface area contributed by atoms with Gasteiger partial charge in [-0.3, -0.25) is 0 Å². The van der Waals surface area contributed by atoms with Crippen molar-refractivity contribution < 1.29 is 5.21 Å². The number of aromatic nitrogens is 1. The molecule has 0 saturated heterocycles. The van der Waals surface area contributed by atoms with Crippen molar-refractivity contribution in [3.8, 4) is 0 Å². The number of anilines is 1. The molecular weight excluding hydrogens is 130 g/mol. The molecule has 0 bridgehead atoms. The molecule has 0 aliphatic carbocycles. The van der Waals surface area contributed by atoms with Crippen molar-refractivity contribution in [2.24, 2.45) is 5.73 Å². The Balaban J connectivity index is 2.49. The molecule has 0 saturated carbocycles. The molecule has 0 radical (unpaired) electrons. The van der Waals surface area contributed by atoms with Gasteiger partial charge in [-0.1, -0.05) is 0 Å². The Labute approximate surface area is 59.2 Å². The minimum absolute atomic E-state index is 0.561. The lowest BCUT2D eigenvalue weighted by Crippen LogP contribution is -2.14. The van der Waals surface area contributed by atoms with Crippen LogP contribution in [0.4, 0.5) is 5.82 Å². The molecule has 1 rings (SSSR count). The Morgan fingerprint density at radius 3 is 3.00 bits per heavy atom. The van der Waals surface area contributed by atoms with Crippen molar-refractivity contribution in [1.29, 1.82) is 0 Å². The van der Waals surface area contributed by atoms with Gasteiger partial charge < -0.3 is 16.3 Å². The number of nitrogens with two attached hydrogens (primary N) is 1. The summed E-state index contributed by atoms with van der Waals surface area (Å²) >= 11 is 0. The third kappa shape index (κ3) is 1.41. The second-order valence-electron chi connectivity index (χ2n) is 1.95. The Bertz CT molecular complexity index is 197. The molecule has 0 fully saturated rings. The fraction of sp³-hybridized carbons (Fsp3) is 0.333. The van der Waals surface area contributed by atoms with E-state index in [2.05, 4.69) is 5.32 Å². The molecule has 1 heterocycles. The van der Waals surface area contributed by atoms with Gasteiger partial charge in [0.1, 0.15) is 5.82 Å². The second kappa shape index (κ2) is 3.12. The normalized spacial score (nSPS) is 9.70. The zero-order valence-corrected chi connectivity index (χ0v) is 5.62. The van der Waals surface area contributed by atoms with Crippen LogP contribution >= 0.6 is 0 Å². The molecule has 1 aromatic rings. The lowest BCUT2D eigenvalue weighted by Gasteiger charge is -2.02. The summed E-state index contributed by atoms with van der Waals surface area (Å²) in [5.41, 5.74) is 5.24. The number of rotatable bonds is 3. The van der Waals surface area contributed by atoms with Crippen molar-refractivity contribution in [3.05, 3.63) is 18.3 Å². The molecule has 4 N–H and O–H groups in total. The molecule has 4 nitrogen and oxygen atoms in total. The molecule has 10 heavy (non-hydrogen) atoms. The standard InChI is InChI=1S/C6H11N3O/c7-3-4-8-6-2-1-5-9(6)10/h1-2,5,8,10H,3-4,7H2. The molecule has 0 aliphatic rings. The van der Waals surface area contributed by atoms with Gasteiger partial charge in [0.2, 0.25) is 0 Å². The lowest BCUT2D eigenvalue weighted by atomic mass is 10.5. The average molecular weight is 141 g/mol. The van der Waals surface area contributed by atoms with Crippen LogP contribution in [0.3, 0.4) is 0 Å². The van der Waals surface area contributed by atoms with E-state index in [1.165, 1.54) is 0 Å².